The van der Waals surface area contributed by atoms with Crippen LogP contribution in [0.3, 0.4) is 0 Å². The molecule has 2 aliphatic heterocycles. The molecule has 0 N–H and O–H groups in total. The molecular formula is C8H12O4. The fourth-order valence-electron chi connectivity index (χ4n) is 1.69. The molecule has 2 heterocycles. The molecule has 4 nitrogen and oxygen atoms in total. The Hall–Kier alpha value is -0.610. The fraction of sp³-hybridized carbons (Fsp3) is 0.875. The smallest absolute Gasteiger partial charge is 0.302 e. The number of fused-ring (bicyclic) bond motifs is 2. The molecule has 0 aliphatic carbocycles. The van der Waals surface area contributed by atoms with E-state index in [1.54, 1.807) is 0 Å². The summed E-state index contributed by atoms with van der Waals surface area (Å²) in [4.78, 5) is 10.6. The van der Waals surface area contributed by atoms with Crippen molar-refractivity contribution < 1.29 is 19.0 Å². The maximum Gasteiger partial charge on any atom is 0.302 e. The highest BCUT2D eigenvalue weighted by Gasteiger charge is 2.37. The zero-order chi connectivity index (χ0) is 8.55. The van der Waals surface area contributed by atoms with Crippen molar-refractivity contribution in [2.24, 2.45) is 0 Å². The highest BCUT2D eigenvalue weighted by atomic mass is 16.7. The minimum atomic E-state index is -0.221. The molecule has 0 saturated carbocycles. The lowest BCUT2D eigenvalue weighted by atomic mass is 10.1. The molecule has 2 saturated heterocycles. The minimum Gasteiger partial charge on any atom is -0.462 e. The lowest BCUT2D eigenvalue weighted by Crippen LogP contribution is -2.32. The predicted octanol–water partition coefficient (Wildman–Crippen LogP) is 0.453. The number of hydrogen-bond acceptors (Lipinski definition) is 4. The Morgan fingerprint density at radius 2 is 2.33 bits per heavy atom. The largest absolute Gasteiger partial charge is 0.462 e. The molecule has 0 aromatic rings. The lowest BCUT2D eigenvalue weighted by Gasteiger charge is -2.25. The van der Waals surface area contributed by atoms with E-state index in [0.29, 0.717) is 13.0 Å². The Balaban J connectivity index is 1.89. The Morgan fingerprint density at radius 3 is 3.00 bits per heavy atom. The van der Waals surface area contributed by atoms with Crippen molar-refractivity contribution in [3.8, 4) is 0 Å². The molecule has 2 rings (SSSR count). The number of esters is 1. The molecule has 0 amide bonds. The third kappa shape index (κ3) is 1.59. The maximum absolute atomic E-state index is 10.6. The van der Waals surface area contributed by atoms with Crippen LogP contribution in [0.4, 0.5) is 0 Å². The van der Waals surface area contributed by atoms with Gasteiger partial charge in [-0.05, 0) is 0 Å². The Bertz CT molecular complexity index is 179. The predicted molar refractivity (Wildman–Crippen MR) is 39.4 cm³/mol. The summed E-state index contributed by atoms with van der Waals surface area (Å²) in [6.45, 7) is 2.07. The molecule has 0 radical (unpaired) electrons. The average Bonchev–Trinajstić information content (AvgIpc) is 2.29. The molecule has 0 unspecified atom stereocenters. The van der Waals surface area contributed by atoms with Crippen LogP contribution in [0.5, 0.6) is 0 Å². The van der Waals surface area contributed by atoms with Crippen LogP contribution in [-0.2, 0) is 19.0 Å². The number of hydrogen-bond donors (Lipinski definition) is 0. The summed E-state index contributed by atoms with van der Waals surface area (Å²) in [5.74, 6) is -0.221. The third-order valence-corrected chi connectivity index (χ3v) is 2.13. The second-order valence-electron chi connectivity index (χ2n) is 3.22. The van der Waals surface area contributed by atoms with Crippen LogP contribution in [0.25, 0.3) is 0 Å². The molecule has 12 heavy (non-hydrogen) atoms. The van der Waals surface area contributed by atoms with Crippen LogP contribution in [0, 0.1) is 0 Å². The molecule has 0 aromatic heterocycles. The van der Waals surface area contributed by atoms with Crippen LogP contribution >= 0.6 is 0 Å². The van der Waals surface area contributed by atoms with Crippen LogP contribution in [0.15, 0.2) is 0 Å². The Labute approximate surface area is 70.8 Å². The first-order valence-electron chi connectivity index (χ1n) is 4.18. The zero-order valence-electron chi connectivity index (χ0n) is 6.99. The Kier molecular flexibility index (Phi) is 2.02. The monoisotopic (exact) mass is 172 g/mol. The van der Waals surface area contributed by atoms with Gasteiger partial charge in [-0.15, -0.1) is 0 Å². The van der Waals surface area contributed by atoms with Gasteiger partial charge in [0.25, 0.3) is 0 Å². The third-order valence-electron chi connectivity index (χ3n) is 2.13. The van der Waals surface area contributed by atoms with Crippen molar-refractivity contribution >= 4 is 5.97 Å². The first-order valence-corrected chi connectivity index (χ1v) is 4.18. The SMILES string of the molecule is CC(=O)O[C@H]1C[C@H]2CO[C@@H](C1)O2. The number of carbonyl (C=O) groups is 1. The van der Waals surface area contributed by atoms with E-state index in [1.165, 1.54) is 6.92 Å². The van der Waals surface area contributed by atoms with Crippen molar-refractivity contribution in [2.45, 2.75) is 38.3 Å². The van der Waals surface area contributed by atoms with E-state index in [4.69, 9.17) is 14.2 Å². The number of carbonyl (C=O) groups excluding carboxylic acids is 1. The van der Waals surface area contributed by atoms with E-state index in [-0.39, 0.29) is 24.5 Å². The topological polar surface area (TPSA) is 44.8 Å². The van der Waals surface area contributed by atoms with Gasteiger partial charge in [-0.2, -0.15) is 0 Å². The fourth-order valence-corrected chi connectivity index (χ4v) is 1.69. The van der Waals surface area contributed by atoms with Crippen molar-refractivity contribution in [2.75, 3.05) is 6.61 Å². The summed E-state index contributed by atoms with van der Waals surface area (Å²) in [7, 11) is 0. The highest BCUT2D eigenvalue weighted by molar-refractivity contribution is 5.66. The van der Waals surface area contributed by atoms with Gasteiger partial charge < -0.3 is 14.2 Å². The first-order chi connectivity index (χ1) is 5.74. The van der Waals surface area contributed by atoms with Crippen molar-refractivity contribution in [3.63, 3.8) is 0 Å². The van der Waals surface area contributed by atoms with Gasteiger partial charge in [0.15, 0.2) is 6.29 Å². The summed E-state index contributed by atoms with van der Waals surface area (Å²) in [5, 5.41) is 0. The molecule has 2 bridgehead atoms. The van der Waals surface area contributed by atoms with Crippen LogP contribution in [0.1, 0.15) is 19.8 Å². The standard InChI is InChI=1S/C8H12O4/c1-5(9)11-6-2-7-4-10-8(3-6)12-7/h6-8H,2-4H2,1H3/t6-,7-,8+/m0/s1. The highest BCUT2D eigenvalue weighted by Crippen LogP contribution is 2.28. The molecule has 4 heteroatoms. The summed E-state index contributed by atoms with van der Waals surface area (Å²) < 4.78 is 15.7. The van der Waals surface area contributed by atoms with Crippen molar-refractivity contribution in [1.82, 2.24) is 0 Å². The van der Waals surface area contributed by atoms with Crippen LogP contribution < -0.4 is 0 Å². The quantitative estimate of drug-likeness (QED) is 0.539. The summed E-state index contributed by atoms with van der Waals surface area (Å²) >= 11 is 0. The normalized spacial score (nSPS) is 39.6. The van der Waals surface area contributed by atoms with Gasteiger partial charge in [0.2, 0.25) is 0 Å². The number of ether oxygens (including phenoxy) is 3. The maximum atomic E-state index is 10.6. The summed E-state index contributed by atoms with van der Waals surface area (Å²) in [5.41, 5.74) is 0. The van der Waals surface area contributed by atoms with Gasteiger partial charge in [-0.3, -0.25) is 4.79 Å². The van der Waals surface area contributed by atoms with Crippen molar-refractivity contribution in [3.05, 3.63) is 0 Å². The van der Waals surface area contributed by atoms with Gasteiger partial charge >= 0.3 is 5.97 Å². The van der Waals surface area contributed by atoms with E-state index in [0.717, 1.165) is 6.42 Å². The summed E-state index contributed by atoms with van der Waals surface area (Å²) in [6, 6.07) is 0. The van der Waals surface area contributed by atoms with Gasteiger partial charge in [-0.1, -0.05) is 0 Å². The molecule has 0 spiro atoms. The van der Waals surface area contributed by atoms with Crippen molar-refractivity contribution in [1.29, 1.82) is 0 Å². The zero-order valence-corrected chi connectivity index (χ0v) is 6.99. The van der Waals surface area contributed by atoms with E-state index in [9.17, 15) is 4.79 Å². The van der Waals surface area contributed by atoms with Gasteiger partial charge in [0, 0.05) is 19.8 Å². The molecular weight excluding hydrogens is 160 g/mol. The lowest BCUT2D eigenvalue weighted by molar-refractivity contribution is -0.162. The molecule has 2 fully saturated rings. The van der Waals surface area contributed by atoms with Gasteiger partial charge in [0.05, 0.1) is 12.7 Å². The van der Waals surface area contributed by atoms with E-state index < -0.39 is 0 Å². The number of rotatable bonds is 1. The summed E-state index contributed by atoms with van der Waals surface area (Å²) in [6.07, 6.45) is 1.43. The van der Waals surface area contributed by atoms with Gasteiger partial charge in [-0.25, -0.2) is 0 Å². The average molecular weight is 172 g/mol. The molecule has 3 atom stereocenters. The Morgan fingerprint density at radius 1 is 1.50 bits per heavy atom. The second kappa shape index (κ2) is 3.03. The van der Waals surface area contributed by atoms with E-state index in [1.807, 2.05) is 0 Å². The van der Waals surface area contributed by atoms with Crippen LogP contribution in [-0.4, -0.2) is 31.1 Å². The molecule has 0 aromatic carbocycles. The molecule has 68 valence electrons. The van der Waals surface area contributed by atoms with Crippen LogP contribution in [0.2, 0.25) is 0 Å². The van der Waals surface area contributed by atoms with Gasteiger partial charge in [0.1, 0.15) is 6.10 Å². The first kappa shape index (κ1) is 8.01. The van der Waals surface area contributed by atoms with E-state index >= 15 is 0 Å². The minimum absolute atomic E-state index is 0.00579. The second-order valence-corrected chi connectivity index (χ2v) is 3.22. The van der Waals surface area contributed by atoms with E-state index in [2.05, 4.69) is 0 Å². The molecule has 2 aliphatic rings.